The Morgan fingerprint density at radius 1 is 0.605 bits per heavy atom. The van der Waals surface area contributed by atoms with Crippen LogP contribution in [0.5, 0.6) is 0 Å². The Labute approximate surface area is 225 Å². The van der Waals surface area contributed by atoms with Gasteiger partial charge in [0.15, 0.2) is 6.10 Å². The molecule has 4 heteroatoms. The van der Waals surface area contributed by atoms with Crippen molar-refractivity contribution in [3.05, 3.63) is 149 Å². The second-order valence-corrected chi connectivity index (χ2v) is 9.48. The third kappa shape index (κ3) is 7.65. The van der Waals surface area contributed by atoms with Crippen LogP contribution >= 0.6 is 0 Å². The Hall–Kier alpha value is -3.70. The number of hydrogen-bond donors (Lipinski definition) is 0. The molecule has 3 atom stereocenters. The number of benzene rings is 4. The molecule has 0 aliphatic carbocycles. The van der Waals surface area contributed by atoms with Crippen LogP contribution < -0.4 is 0 Å². The van der Waals surface area contributed by atoms with Crippen LogP contribution in [0, 0.1) is 0 Å². The van der Waals surface area contributed by atoms with E-state index in [0.717, 1.165) is 28.0 Å². The van der Waals surface area contributed by atoms with Gasteiger partial charge in [-0.05, 0) is 28.3 Å². The van der Waals surface area contributed by atoms with Crippen LogP contribution in [0.25, 0.3) is 6.08 Å². The average Bonchev–Trinajstić information content (AvgIpc) is 2.98. The maximum Gasteiger partial charge on any atom is 0.150 e. The fraction of sp³-hybridized carbons (Fsp3) is 0.235. The molecule has 4 aromatic rings. The number of ether oxygens (including phenoxy) is 4. The first kappa shape index (κ1) is 25.9. The van der Waals surface area contributed by atoms with Crippen LogP contribution in [0.1, 0.15) is 28.7 Å². The molecular formula is C34H34O4. The van der Waals surface area contributed by atoms with Crippen molar-refractivity contribution in [3.8, 4) is 0 Å². The summed E-state index contributed by atoms with van der Waals surface area (Å²) >= 11 is 0. The van der Waals surface area contributed by atoms with Gasteiger partial charge in [0.1, 0.15) is 6.10 Å². The lowest BCUT2D eigenvalue weighted by molar-refractivity contribution is -0.177. The molecule has 1 saturated heterocycles. The van der Waals surface area contributed by atoms with E-state index >= 15 is 0 Å². The Kier molecular flexibility index (Phi) is 9.37. The van der Waals surface area contributed by atoms with Crippen LogP contribution in [-0.4, -0.2) is 24.9 Å². The summed E-state index contributed by atoms with van der Waals surface area (Å²) in [6.45, 7) is 1.89. The summed E-state index contributed by atoms with van der Waals surface area (Å²) in [6.07, 6.45) is 1.93. The topological polar surface area (TPSA) is 36.9 Å². The SMILES string of the molecule is C(=C1/C[C@@H](OCc2ccccc2)[C@@H](OCc2ccccc2)[C@@H](COCc2ccccc2)O1)/c1ccccc1. The van der Waals surface area contributed by atoms with Crippen LogP contribution in [0.4, 0.5) is 0 Å². The van der Waals surface area contributed by atoms with E-state index in [4.69, 9.17) is 18.9 Å². The molecule has 0 amide bonds. The molecule has 0 unspecified atom stereocenters. The normalized spacial score (nSPS) is 20.2. The number of hydrogen-bond acceptors (Lipinski definition) is 4. The fourth-order valence-corrected chi connectivity index (χ4v) is 4.60. The van der Waals surface area contributed by atoms with E-state index in [1.165, 1.54) is 0 Å². The van der Waals surface area contributed by atoms with Gasteiger partial charge in [0.25, 0.3) is 0 Å². The van der Waals surface area contributed by atoms with Crippen LogP contribution in [0.15, 0.2) is 127 Å². The lowest BCUT2D eigenvalue weighted by atomic mass is 9.98. The predicted molar refractivity (Wildman–Crippen MR) is 150 cm³/mol. The van der Waals surface area contributed by atoms with Crippen molar-refractivity contribution < 1.29 is 18.9 Å². The second kappa shape index (κ2) is 13.7. The molecule has 5 rings (SSSR count). The molecular weight excluding hydrogens is 472 g/mol. The summed E-state index contributed by atoms with van der Waals surface area (Å²) < 4.78 is 25.8. The summed E-state index contributed by atoms with van der Waals surface area (Å²) in [7, 11) is 0. The largest absolute Gasteiger partial charge is 0.489 e. The molecule has 1 aliphatic heterocycles. The van der Waals surface area contributed by atoms with Gasteiger partial charge < -0.3 is 18.9 Å². The molecule has 0 aromatic heterocycles. The Balaban J connectivity index is 1.36. The van der Waals surface area contributed by atoms with Gasteiger partial charge in [-0.25, -0.2) is 0 Å². The second-order valence-electron chi connectivity index (χ2n) is 9.48. The van der Waals surface area contributed by atoms with Crippen molar-refractivity contribution in [2.75, 3.05) is 6.61 Å². The molecule has 194 valence electrons. The molecule has 0 spiro atoms. The van der Waals surface area contributed by atoms with Crippen molar-refractivity contribution in [3.63, 3.8) is 0 Å². The van der Waals surface area contributed by atoms with E-state index in [2.05, 4.69) is 54.6 Å². The molecule has 4 aromatic carbocycles. The van der Waals surface area contributed by atoms with E-state index < -0.39 is 0 Å². The lowest BCUT2D eigenvalue weighted by Crippen LogP contribution is -2.48. The molecule has 0 radical (unpaired) electrons. The molecule has 0 N–H and O–H groups in total. The minimum absolute atomic E-state index is 0.187. The average molecular weight is 507 g/mol. The molecule has 1 heterocycles. The smallest absolute Gasteiger partial charge is 0.150 e. The van der Waals surface area contributed by atoms with Gasteiger partial charge in [-0.3, -0.25) is 0 Å². The minimum Gasteiger partial charge on any atom is -0.489 e. The highest BCUT2D eigenvalue weighted by molar-refractivity contribution is 5.51. The van der Waals surface area contributed by atoms with Gasteiger partial charge in [0, 0.05) is 6.42 Å². The van der Waals surface area contributed by atoms with Gasteiger partial charge >= 0.3 is 0 Å². The first-order chi connectivity index (χ1) is 18.8. The molecule has 1 aliphatic rings. The monoisotopic (exact) mass is 506 g/mol. The first-order valence-electron chi connectivity index (χ1n) is 13.2. The van der Waals surface area contributed by atoms with Crippen molar-refractivity contribution in [2.45, 2.75) is 44.6 Å². The summed E-state index contributed by atoms with van der Waals surface area (Å²) in [5.74, 6) is 0.877. The zero-order valence-corrected chi connectivity index (χ0v) is 21.5. The van der Waals surface area contributed by atoms with Gasteiger partial charge in [0.2, 0.25) is 0 Å². The van der Waals surface area contributed by atoms with E-state index in [-0.39, 0.29) is 18.3 Å². The predicted octanol–water partition coefficient (Wildman–Crippen LogP) is 7.20. The van der Waals surface area contributed by atoms with Crippen LogP contribution in [0.3, 0.4) is 0 Å². The highest BCUT2D eigenvalue weighted by Crippen LogP contribution is 2.31. The minimum atomic E-state index is -0.313. The van der Waals surface area contributed by atoms with Gasteiger partial charge in [-0.1, -0.05) is 121 Å². The maximum absolute atomic E-state index is 6.54. The molecule has 1 fully saturated rings. The van der Waals surface area contributed by atoms with Gasteiger partial charge in [-0.15, -0.1) is 0 Å². The van der Waals surface area contributed by atoms with E-state index in [0.29, 0.717) is 32.8 Å². The number of rotatable bonds is 11. The zero-order chi connectivity index (χ0) is 25.8. The zero-order valence-electron chi connectivity index (χ0n) is 21.5. The quantitative estimate of drug-likeness (QED) is 0.215. The molecule has 4 nitrogen and oxygen atoms in total. The van der Waals surface area contributed by atoms with Crippen molar-refractivity contribution in [1.82, 2.24) is 0 Å². The van der Waals surface area contributed by atoms with E-state index in [9.17, 15) is 0 Å². The van der Waals surface area contributed by atoms with E-state index in [1.807, 2.05) is 72.8 Å². The van der Waals surface area contributed by atoms with Gasteiger partial charge in [0.05, 0.1) is 38.3 Å². The summed E-state index contributed by atoms with van der Waals surface area (Å²) in [5, 5.41) is 0. The summed E-state index contributed by atoms with van der Waals surface area (Å²) in [5.41, 5.74) is 4.47. The van der Waals surface area contributed by atoms with E-state index in [1.54, 1.807) is 0 Å². The third-order valence-corrected chi connectivity index (χ3v) is 6.55. The molecule has 0 bridgehead atoms. The Morgan fingerprint density at radius 3 is 1.68 bits per heavy atom. The first-order valence-corrected chi connectivity index (χ1v) is 13.2. The summed E-state index contributed by atoms with van der Waals surface area (Å²) in [6, 6.07) is 40.9. The molecule has 0 saturated carbocycles. The standard InChI is InChI=1S/C34H34O4/c1-5-13-27(14-6-1)21-31-22-32(36-24-29-17-9-3-10-18-29)34(37-25-30-19-11-4-12-20-30)33(38-31)26-35-23-28-15-7-2-8-16-28/h1-21,32-34H,22-26H2/b31-21+/t32-,33-,34-/m1/s1. The Morgan fingerprint density at radius 2 is 1.11 bits per heavy atom. The lowest BCUT2D eigenvalue weighted by Gasteiger charge is -2.39. The van der Waals surface area contributed by atoms with Crippen molar-refractivity contribution in [2.24, 2.45) is 0 Å². The van der Waals surface area contributed by atoms with Crippen LogP contribution in [-0.2, 0) is 38.8 Å². The van der Waals surface area contributed by atoms with Crippen molar-refractivity contribution in [1.29, 1.82) is 0 Å². The summed E-state index contributed by atoms with van der Waals surface area (Å²) in [4.78, 5) is 0. The highest BCUT2D eigenvalue weighted by atomic mass is 16.6. The maximum atomic E-state index is 6.54. The third-order valence-electron chi connectivity index (χ3n) is 6.55. The molecule has 38 heavy (non-hydrogen) atoms. The Bertz CT molecular complexity index is 1240. The fourth-order valence-electron chi connectivity index (χ4n) is 4.60. The van der Waals surface area contributed by atoms with Crippen LogP contribution in [0.2, 0.25) is 0 Å². The van der Waals surface area contributed by atoms with Crippen molar-refractivity contribution >= 4 is 6.08 Å². The van der Waals surface area contributed by atoms with Gasteiger partial charge in [-0.2, -0.15) is 0 Å². The highest BCUT2D eigenvalue weighted by Gasteiger charge is 2.39.